The number of aliphatic carboxylic acids is 1. The van der Waals surface area contributed by atoms with E-state index in [0.29, 0.717) is 11.3 Å². The Labute approximate surface area is 134 Å². The third-order valence-corrected chi connectivity index (χ3v) is 3.67. The van der Waals surface area contributed by atoms with Crippen LogP contribution in [0.2, 0.25) is 0 Å². The van der Waals surface area contributed by atoms with E-state index in [1.807, 2.05) is 4.90 Å². The van der Waals surface area contributed by atoms with Gasteiger partial charge in [0.15, 0.2) is 0 Å². The number of carbonyl (C=O) groups is 3. The minimum absolute atomic E-state index is 0.00977. The third kappa shape index (κ3) is 5.25. The van der Waals surface area contributed by atoms with Gasteiger partial charge in [-0.2, -0.15) is 0 Å². The summed E-state index contributed by atoms with van der Waals surface area (Å²) in [5.41, 5.74) is 1.10. The first-order valence-corrected chi connectivity index (χ1v) is 7.67. The van der Waals surface area contributed by atoms with Gasteiger partial charge in [-0.05, 0) is 37.1 Å². The Bertz CT molecular complexity index is 600. The lowest BCUT2D eigenvalue weighted by Crippen LogP contribution is -2.31. The molecule has 23 heavy (non-hydrogen) atoms. The Morgan fingerprint density at radius 3 is 2.13 bits per heavy atom. The maximum Gasteiger partial charge on any atom is 0.328 e. The first kappa shape index (κ1) is 16.7. The number of carboxylic acids is 1. The smallest absolute Gasteiger partial charge is 0.328 e. The fraction of sp³-hybridized carbons (Fsp3) is 0.353. The predicted molar refractivity (Wildman–Crippen MR) is 86.2 cm³/mol. The first-order chi connectivity index (χ1) is 11.1. The average Bonchev–Trinajstić information content (AvgIpc) is 2.82. The van der Waals surface area contributed by atoms with Crippen LogP contribution < -0.4 is 5.32 Å². The van der Waals surface area contributed by atoms with Crippen LogP contribution in [-0.4, -0.2) is 40.9 Å². The lowest BCUT2D eigenvalue weighted by atomic mass is 10.1. The molecule has 1 aromatic rings. The quantitative estimate of drug-likeness (QED) is 0.834. The Balaban J connectivity index is 1.97. The summed E-state index contributed by atoms with van der Waals surface area (Å²) in [5.74, 6) is -1.70. The number of nitrogens with zero attached hydrogens (tertiary/aromatic N) is 1. The fourth-order valence-electron chi connectivity index (χ4n) is 2.48. The van der Waals surface area contributed by atoms with E-state index in [1.54, 1.807) is 24.3 Å². The van der Waals surface area contributed by atoms with Gasteiger partial charge in [0, 0.05) is 36.5 Å². The molecule has 0 unspecified atom stereocenters. The van der Waals surface area contributed by atoms with Crippen LogP contribution in [0.15, 0.2) is 36.4 Å². The lowest BCUT2D eigenvalue weighted by molar-refractivity contribution is -0.131. The first-order valence-electron chi connectivity index (χ1n) is 7.67. The van der Waals surface area contributed by atoms with E-state index in [4.69, 9.17) is 5.11 Å². The van der Waals surface area contributed by atoms with Crippen molar-refractivity contribution in [2.45, 2.75) is 25.7 Å². The summed E-state index contributed by atoms with van der Waals surface area (Å²) in [6.45, 7) is 1.58. The van der Waals surface area contributed by atoms with Crippen molar-refractivity contribution in [3.05, 3.63) is 42.0 Å². The van der Waals surface area contributed by atoms with Gasteiger partial charge in [-0.3, -0.25) is 9.59 Å². The third-order valence-electron chi connectivity index (χ3n) is 3.67. The van der Waals surface area contributed by atoms with E-state index in [-0.39, 0.29) is 5.91 Å². The molecule has 1 aromatic carbocycles. The number of nitrogens with one attached hydrogen (secondary N) is 1. The summed E-state index contributed by atoms with van der Waals surface area (Å²) >= 11 is 0. The van der Waals surface area contributed by atoms with Crippen molar-refractivity contribution in [2.75, 3.05) is 18.4 Å². The molecule has 0 saturated carbocycles. The normalized spacial score (nSPS) is 15.2. The van der Waals surface area contributed by atoms with Crippen LogP contribution in [0.5, 0.6) is 0 Å². The predicted octanol–water partition coefficient (Wildman–Crippen LogP) is 2.28. The summed E-state index contributed by atoms with van der Waals surface area (Å²) in [7, 11) is 0. The van der Waals surface area contributed by atoms with Gasteiger partial charge in [-0.15, -0.1) is 0 Å². The van der Waals surface area contributed by atoms with Gasteiger partial charge >= 0.3 is 5.97 Å². The molecule has 1 fully saturated rings. The van der Waals surface area contributed by atoms with Crippen molar-refractivity contribution in [2.24, 2.45) is 0 Å². The van der Waals surface area contributed by atoms with Crippen molar-refractivity contribution < 1.29 is 19.5 Å². The molecule has 1 heterocycles. The van der Waals surface area contributed by atoms with Crippen LogP contribution in [-0.2, 0) is 9.59 Å². The Morgan fingerprint density at radius 2 is 1.57 bits per heavy atom. The summed E-state index contributed by atoms with van der Waals surface area (Å²) in [6.07, 6.45) is 6.12. The van der Waals surface area contributed by atoms with Crippen LogP contribution in [0.3, 0.4) is 0 Å². The minimum atomic E-state index is -1.18. The number of likely N-dealkylation sites (tertiary alicyclic amines) is 1. The van der Waals surface area contributed by atoms with E-state index in [1.165, 1.54) is 12.8 Å². The molecule has 2 N–H and O–H groups in total. The van der Waals surface area contributed by atoms with Crippen LogP contribution in [0.25, 0.3) is 0 Å². The van der Waals surface area contributed by atoms with Crippen molar-refractivity contribution in [3.63, 3.8) is 0 Å². The van der Waals surface area contributed by atoms with Gasteiger partial charge in [-0.25, -0.2) is 4.79 Å². The van der Waals surface area contributed by atoms with Crippen molar-refractivity contribution in [1.29, 1.82) is 0 Å². The second-order valence-corrected chi connectivity index (χ2v) is 5.44. The number of hydrogen-bond donors (Lipinski definition) is 2. The second kappa shape index (κ2) is 8.12. The summed E-state index contributed by atoms with van der Waals surface area (Å²) in [4.78, 5) is 36.1. The number of amides is 2. The molecule has 1 aliphatic rings. The van der Waals surface area contributed by atoms with Gasteiger partial charge in [-0.1, -0.05) is 12.8 Å². The molecule has 0 spiro atoms. The molecule has 0 atom stereocenters. The molecule has 122 valence electrons. The monoisotopic (exact) mass is 316 g/mol. The molecular weight excluding hydrogens is 296 g/mol. The Hall–Kier alpha value is -2.63. The molecule has 2 amide bonds. The highest BCUT2D eigenvalue weighted by molar-refractivity contribution is 6.02. The largest absolute Gasteiger partial charge is 0.478 e. The van der Waals surface area contributed by atoms with Crippen molar-refractivity contribution in [1.82, 2.24) is 4.90 Å². The summed E-state index contributed by atoms with van der Waals surface area (Å²) < 4.78 is 0. The Kier molecular flexibility index (Phi) is 5.91. The van der Waals surface area contributed by atoms with E-state index in [0.717, 1.165) is 38.1 Å². The van der Waals surface area contributed by atoms with Crippen LogP contribution >= 0.6 is 0 Å². The van der Waals surface area contributed by atoms with Gasteiger partial charge < -0.3 is 15.3 Å². The molecular formula is C17H20N2O4. The van der Waals surface area contributed by atoms with E-state index in [9.17, 15) is 14.4 Å². The zero-order valence-corrected chi connectivity index (χ0v) is 12.8. The number of hydrogen-bond acceptors (Lipinski definition) is 3. The van der Waals surface area contributed by atoms with Crippen molar-refractivity contribution in [3.8, 4) is 0 Å². The van der Waals surface area contributed by atoms with E-state index < -0.39 is 11.9 Å². The average molecular weight is 316 g/mol. The molecule has 0 bridgehead atoms. The van der Waals surface area contributed by atoms with Gasteiger partial charge in [0.2, 0.25) is 5.91 Å². The van der Waals surface area contributed by atoms with Crippen LogP contribution in [0.4, 0.5) is 5.69 Å². The molecule has 1 aliphatic heterocycles. The highest BCUT2D eigenvalue weighted by Gasteiger charge is 2.17. The SMILES string of the molecule is O=C(O)C=CC(=O)Nc1ccc(C(=O)N2CCCCCC2)cc1. The zero-order valence-electron chi connectivity index (χ0n) is 12.8. The maximum atomic E-state index is 12.4. The molecule has 6 nitrogen and oxygen atoms in total. The molecule has 1 saturated heterocycles. The molecule has 2 rings (SSSR count). The van der Waals surface area contributed by atoms with Gasteiger partial charge in [0.05, 0.1) is 0 Å². The molecule has 0 aromatic heterocycles. The van der Waals surface area contributed by atoms with Gasteiger partial charge in [0.1, 0.15) is 0 Å². The summed E-state index contributed by atoms with van der Waals surface area (Å²) in [5, 5.41) is 11.0. The highest BCUT2D eigenvalue weighted by atomic mass is 16.4. The molecule has 0 radical (unpaired) electrons. The standard InChI is InChI=1S/C17H20N2O4/c20-15(9-10-16(21)22)18-14-7-5-13(6-8-14)17(23)19-11-3-1-2-4-12-19/h5-10H,1-4,11-12H2,(H,18,20)(H,21,22). The fourth-order valence-corrected chi connectivity index (χ4v) is 2.48. The maximum absolute atomic E-state index is 12.4. The van der Waals surface area contributed by atoms with Crippen LogP contribution in [0, 0.1) is 0 Å². The number of rotatable bonds is 4. The number of anilines is 1. The molecule has 6 heteroatoms. The highest BCUT2D eigenvalue weighted by Crippen LogP contribution is 2.15. The Morgan fingerprint density at radius 1 is 0.957 bits per heavy atom. The summed E-state index contributed by atoms with van der Waals surface area (Å²) in [6, 6.07) is 6.61. The van der Waals surface area contributed by atoms with Crippen molar-refractivity contribution >= 4 is 23.5 Å². The zero-order chi connectivity index (χ0) is 16.7. The topological polar surface area (TPSA) is 86.7 Å². The second-order valence-electron chi connectivity index (χ2n) is 5.44. The van der Waals surface area contributed by atoms with E-state index >= 15 is 0 Å². The van der Waals surface area contributed by atoms with E-state index in [2.05, 4.69) is 5.32 Å². The minimum Gasteiger partial charge on any atom is -0.478 e. The number of benzene rings is 1. The van der Waals surface area contributed by atoms with Crippen LogP contribution in [0.1, 0.15) is 36.0 Å². The number of carbonyl (C=O) groups excluding carboxylic acids is 2. The number of carboxylic acid groups (broad SMARTS) is 1. The van der Waals surface area contributed by atoms with Gasteiger partial charge in [0.25, 0.3) is 5.91 Å². The molecule has 0 aliphatic carbocycles. The lowest BCUT2D eigenvalue weighted by Gasteiger charge is -2.20.